The van der Waals surface area contributed by atoms with Crippen LogP contribution in [0.3, 0.4) is 0 Å². The Hall–Kier alpha value is -2.49. The molecule has 0 atom stereocenters. The third-order valence-corrected chi connectivity index (χ3v) is 12.5. The maximum Gasteiger partial charge on any atom is 0.348 e. The van der Waals surface area contributed by atoms with E-state index in [-0.39, 0.29) is 23.9 Å². The molecule has 0 unspecified atom stereocenters. The first-order valence-corrected chi connectivity index (χ1v) is 15.1. The number of hydrogen-bond acceptors (Lipinski definition) is 6. The van der Waals surface area contributed by atoms with E-state index in [2.05, 4.69) is 33.9 Å². The van der Waals surface area contributed by atoms with Gasteiger partial charge < -0.3 is 9.16 Å². The summed E-state index contributed by atoms with van der Waals surface area (Å²) >= 11 is 1.14. The van der Waals surface area contributed by atoms with E-state index < -0.39 is 19.8 Å². The summed E-state index contributed by atoms with van der Waals surface area (Å²) in [5.41, 5.74) is 0.857. The van der Waals surface area contributed by atoms with Gasteiger partial charge in [0, 0.05) is 6.54 Å². The molecule has 9 heteroatoms. The minimum atomic E-state index is -2.03. The molecular weight excluding hydrogens is 468 g/mol. The number of carbonyl (C=O) groups is 1. The summed E-state index contributed by atoms with van der Waals surface area (Å²) in [5, 5.41) is 0.419. The average molecular weight is 503 g/mol. The SMILES string of the molecule is COC(=O)c1sc2c(c1C)c(=O)n(CCO[Si](C)(C)C(C)(C)C)c(=O)n2CCc1ccccc1. The average Bonchev–Trinajstić information content (AvgIpc) is 3.12. The van der Waals surface area contributed by atoms with E-state index >= 15 is 0 Å². The highest BCUT2D eigenvalue weighted by Crippen LogP contribution is 2.36. The number of carbonyl (C=O) groups excluding carboxylic acids is 1. The second-order valence-electron chi connectivity index (χ2n) is 9.96. The minimum Gasteiger partial charge on any atom is -0.465 e. The molecule has 0 aliphatic rings. The fourth-order valence-corrected chi connectivity index (χ4v) is 5.84. The molecule has 184 valence electrons. The molecule has 0 aliphatic heterocycles. The third kappa shape index (κ3) is 5.11. The molecule has 0 spiro atoms. The van der Waals surface area contributed by atoms with E-state index in [4.69, 9.17) is 9.16 Å². The van der Waals surface area contributed by atoms with Gasteiger partial charge in [0.25, 0.3) is 5.56 Å². The number of aromatic nitrogens is 2. The Morgan fingerprint density at radius 3 is 2.29 bits per heavy atom. The van der Waals surface area contributed by atoms with Crippen molar-refractivity contribution in [2.75, 3.05) is 13.7 Å². The van der Waals surface area contributed by atoms with Crippen molar-refractivity contribution in [3.63, 3.8) is 0 Å². The van der Waals surface area contributed by atoms with E-state index in [1.54, 1.807) is 11.5 Å². The van der Waals surface area contributed by atoms with Crippen molar-refractivity contribution in [1.82, 2.24) is 9.13 Å². The van der Waals surface area contributed by atoms with Crippen molar-refractivity contribution in [2.45, 2.75) is 65.3 Å². The van der Waals surface area contributed by atoms with Crippen LogP contribution in [0.2, 0.25) is 18.1 Å². The second-order valence-corrected chi connectivity index (χ2v) is 15.8. The summed E-state index contributed by atoms with van der Waals surface area (Å²) in [6, 6.07) is 9.87. The van der Waals surface area contributed by atoms with Crippen molar-refractivity contribution >= 4 is 35.8 Å². The fourth-order valence-electron chi connectivity index (χ4n) is 3.57. The number of ether oxygens (including phenoxy) is 1. The number of rotatable bonds is 8. The van der Waals surface area contributed by atoms with Gasteiger partial charge in [-0.3, -0.25) is 13.9 Å². The first-order valence-electron chi connectivity index (χ1n) is 11.4. The Labute approximate surface area is 205 Å². The summed E-state index contributed by atoms with van der Waals surface area (Å²) in [5.74, 6) is -0.507. The lowest BCUT2D eigenvalue weighted by molar-refractivity contribution is 0.0605. The number of esters is 1. The first-order chi connectivity index (χ1) is 15.9. The molecule has 2 heterocycles. The maximum atomic E-state index is 13.5. The number of aryl methyl sites for hydroxylation is 3. The third-order valence-electron chi connectivity index (χ3n) is 6.72. The summed E-state index contributed by atoms with van der Waals surface area (Å²) < 4.78 is 14.0. The van der Waals surface area contributed by atoms with Crippen molar-refractivity contribution in [2.24, 2.45) is 0 Å². The zero-order chi connectivity index (χ0) is 25.3. The normalized spacial score (nSPS) is 12.3. The summed E-state index contributed by atoms with van der Waals surface area (Å²) in [7, 11) is -0.719. The molecule has 2 aromatic heterocycles. The number of hydrogen-bond donors (Lipinski definition) is 0. The maximum absolute atomic E-state index is 13.5. The molecule has 0 saturated carbocycles. The van der Waals surface area contributed by atoms with Gasteiger partial charge in [-0.15, -0.1) is 11.3 Å². The number of methoxy groups -OCH3 is 1. The lowest BCUT2D eigenvalue weighted by Gasteiger charge is -2.36. The van der Waals surface area contributed by atoms with Crippen LogP contribution in [-0.4, -0.2) is 37.1 Å². The lowest BCUT2D eigenvalue weighted by atomic mass is 10.1. The smallest absolute Gasteiger partial charge is 0.348 e. The standard InChI is InChI=1S/C25H34N2O5SSi/c1-17-19-21(28)26(15-16-32-34(6,7)25(2,3)4)24(30)27(14-13-18-11-9-8-10-12-18)22(19)33-20(17)23(29)31-5/h8-12H,13-16H2,1-7H3. The van der Waals surface area contributed by atoms with Crippen LogP contribution in [0, 0.1) is 6.92 Å². The van der Waals surface area contributed by atoms with Crippen LogP contribution in [-0.2, 0) is 28.7 Å². The number of nitrogens with zero attached hydrogens (tertiary/aromatic N) is 2. The summed E-state index contributed by atoms with van der Waals surface area (Å²) in [6.07, 6.45) is 0.624. The molecule has 0 N–H and O–H groups in total. The van der Waals surface area contributed by atoms with Crippen molar-refractivity contribution < 1.29 is 14.0 Å². The van der Waals surface area contributed by atoms with Crippen LogP contribution >= 0.6 is 11.3 Å². The Bertz CT molecular complexity index is 1300. The van der Waals surface area contributed by atoms with E-state index in [0.717, 1.165) is 16.9 Å². The van der Waals surface area contributed by atoms with Gasteiger partial charge in [0.05, 0.1) is 25.6 Å². The summed E-state index contributed by atoms with van der Waals surface area (Å²) in [4.78, 5) is 40.1. The molecule has 0 radical (unpaired) electrons. The van der Waals surface area contributed by atoms with Gasteiger partial charge in [0.15, 0.2) is 8.32 Å². The monoisotopic (exact) mass is 502 g/mol. The molecule has 0 bridgehead atoms. The predicted molar refractivity (Wildman–Crippen MR) is 140 cm³/mol. The quantitative estimate of drug-likeness (QED) is 0.333. The highest BCUT2D eigenvalue weighted by Gasteiger charge is 2.37. The van der Waals surface area contributed by atoms with E-state index in [0.29, 0.717) is 33.6 Å². The predicted octanol–water partition coefficient (Wildman–Crippen LogP) is 4.58. The van der Waals surface area contributed by atoms with E-state index in [1.807, 2.05) is 30.3 Å². The number of fused-ring (bicyclic) bond motifs is 1. The molecule has 3 aromatic rings. The lowest BCUT2D eigenvalue weighted by Crippen LogP contribution is -2.44. The molecule has 7 nitrogen and oxygen atoms in total. The molecule has 3 rings (SSSR count). The van der Waals surface area contributed by atoms with Gasteiger partial charge in [-0.05, 0) is 42.6 Å². The van der Waals surface area contributed by atoms with Crippen LogP contribution in [0.4, 0.5) is 0 Å². The van der Waals surface area contributed by atoms with Crippen molar-refractivity contribution in [3.8, 4) is 0 Å². The second kappa shape index (κ2) is 10.0. The van der Waals surface area contributed by atoms with E-state index in [1.165, 1.54) is 11.7 Å². The van der Waals surface area contributed by atoms with Crippen LogP contribution in [0.25, 0.3) is 10.2 Å². The Morgan fingerprint density at radius 1 is 1.06 bits per heavy atom. The Balaban J connectivity index is 2.07. The highest BCUT2D eigenvalue weighted by atomic mass is 32.1. The van der Waals surface area contributed by atoms with Gasteiger partial charge in [-0.1, -0.05) is 51.1 Å². The zero-order valence-electron chi connectivity index (χ0n) is 21.1. The van der Waals surface area contributed by atoms with Crippen LogP contribution < -0.4 is 11.2 Å². The van der Waals surface area contributed by atoms with Gasteiger partial charge in [-0.2, -0.15) is 0 Å². The molecule has 0 amide bonds. The molecule has 0 aliphatic carbocycles. The highest BCUT2D eigenvalue weighted by molar-refractivity contribution is 7.20. The summed E-state index contributed by atoms with van der Waals surface area (Å²) in [6.45, 7) is 13.3. The van der Waals surface area contributed by atoms with Crippen LogP contribution in [0.1, 0.15) is 41.6 Å². The minimum absolute atomic E-state index is 0.0250. The molecule has 0 fully saturated rings. The van der Waals surface area contributed by atoms with Crippen LogP contribution in [0.15, 0.2) is 39.9 Å². The van der Waals surface area contributed by atoms with E-state index in [9.17, 15) is 14.4 Å². The molecule has 0 saturated heterocycles. The van der Waals surface area contributed by atoms with Crippen molar-refractivity contribution in [1.29, 1.82) is 0 Å². The van der Waals surface area contributed by atoms with Gasteiger partial charge in [0.2, 0.25) is 0 Å². The first kappa shape index (κ1) is 26.1. The molecule has 1 aromatic carbocycles. The molecular formula is C25H34N2O5SSi. The Kier molecular flexibility index (Phi) is 7.69. The Morgan fingerprint density at radius 2 is 1.71 bits per heavy atom. The molecule has 34 heavy (non-hydrogen) atoms. The fraction of sp³-hybridized carbons (Fsp3) is 0.480. The largest absolute Gasteiger partial charge is 0.465 e. The van der Waals surface area contributed by atoms with Crippen molar-refractivity contribution in [3.05, 3.63) is 67.2 Å². The van der Waals surface area contributed by atoms with Gasteiger partial charge >= 0.3 is 11.7 Å². The topological polar surface area (TPSA) is 79.5 Å². The number of benzene rings is 1. The number of thiophene rings is 1. The van der Waals surface area contributed by atoms with Gasteiger partial charge in [-0.25, -0.2) is 9.59 Å². The van der Waals surface area contributed by atoms with Gasteiger partial charge in [0.1, 0.15) is 9.71 Å². The van der Waals surface area contributed by atoms with Crippen LogP contribution in [0.5, 0.6) is 0 Å². The zero-order valence-corrected chi connectivity index (χ0v) is 22.9.